The molecule has 1 N–H and O–H groups in total. The molecule has 6 heteroatoms. The first kappa shape index (κ1) is 12.4. The van der Waals surface area contributed by atoms with Gasteiger partial charge in [0.2, 0.25) is 0 Å². The largest absolute Gasteiger partial charge is 0.463 e. The van der Waals surface area contributed by atoms with E-state index in [1.54, 1.807) is 11.9 Å². The summed E-state index contributed by atoms with van der Waals surface area (Å²) in [4.78, 5) is 18.2. The van der Waals surface area contributed by atoms with E-state index < -0.39 is 0 Å². The average Bonchev–Trinajstić information content (AvgIpc) is 3.04. The number of aromatic nitrogens is 3. The van der Waals surface area contributed by atoms with Crippen molar-refractivity contribution in [2.45, 2.75) is 13.5 Å². The van der Waals surface area contributed by atoms with Gasteiger partial charge in [-0.15, -0.1) is 0 Å². The minimum atomic E-state index is -0.114. The lowest BCUT2D eigenvalue weighted by Crippen LogP contribution is -2.26. The zero-order chi connectivity index (χ0) is 14.1. The van der Waals surface area contributed by atoms with Crippen molar-refractivity contribution < 1.29 is 9.21 Å². The third-order valence-electron chi connectivity index (χ3n) is 3.08. The van der Waals surface area contributed by atoms with Gasteiger partial charge in [0, 0.05) is 12.4 Å². The maximum Gasteiger partial charge on any atom is 0.257 e. The number of aromatic amines is 1. The van der Waals surface area contributed by atoms with Crippen LogP contribution in [0.3, 0.4) is 0 Å². The van der Waals surface area contributed by atoms with Gasteiger partial charge in [0.25, 0.3) is 5.91 Å². The molecule has 0 atom stereocenters. The van der Waals surface area contributed by atoms with Crippen molar-refractivity contribution in [3.05, 3.63) is 47.7 Å². The van der Waals surface area contributed by atoms with E-state index in [1.165, 1.54) is 6.26 Å². The Hall–Kier alpha value is -2.63. The van der Waals surface area contributed by atoms with E-state index in [-0.39, 0.29) is 5.91 Å². The van der Waals surface area contributed by atoms with Gasteiger partial charge in [-0.05, 0) is 13.0 Å². The zero-order valence-electron chi connectivity index (χ0n) is 11.3. The fourth-order valence-electron chi connectivity index (χ4n) is 2.09. The van der Waals surface area contributed by atoms with E-state index in [0.29, 0.717) is 23.5 Å². The highest BCUT2D eigenvalue weighted by atomic mass is 16.3. The Labute approximate surface area is 115 Å². The summed E-state index contributed by atoms with van der Waals surface area (Å²) >= 11 is 0. The van der Waals surface area contributed by atoms with Crippen LogP contribution in [-0.2, 0) is 6.54 Å². The van der Waals surface area contributed by atoms with Crippen LogP contribution in [0, 0.1) is 6.92 Å². The third-order valence-corrected chi connectivity index (χ3v) is 3.08. The summed E-state index contributed by atoms with van der Waals surface area (Å²) in [6.45, 7) is 2.17. The van der Waals surface area contributed by atoms with Gasteiger partial charge in [-0.25, -0.2) is 4.98 Å². The molecule has 0 aliphatic carbocycles. The van der Waals surface area contributed by atoms with Crippen molar-refractivity contribution in [2.24, 2.45) is 0 Å². The molecule has 2 aromatic heterocycles. The van der Waals surface area contributed by atoms with Gasteiger partial charge >= 0.3 is 0 Å². The number of hydrogen-bond acceptors (Lipinski definition) is 4. The number of rotatable bonds is 3. The molecule has 3 rings (SSSR count). The lowest BCUT2D eigenvalue weighted by atomic mass is 10.1. The van der Waals surface area contributed by atoms with Gasteiger partial charge in [-0.3, -0.25) is 9.89 Å². The van der Waals surface area contributed by atoms with Crippen LogP contribution in [-0.4, -0.2) is 33.0 Å². The van der Waals surface area contributed by atoms with E-state index in [0.717, 1.165) is 11.2 Å². The lowest BCUT2D eigenvalue weighted by Gasteiger charge is -2.14. The third kappa shape index (κ3) is 2.16. The highest BCUT2D eigenvalue weighted by Crippen LogP contribution is 2.22. The molecule has 0 unspecified atom stereocenters. The number of fused-ring (bicyclic) bond motifs is 1. The molecule has 102 valence electrons. The number of amides is 1. The van der Waals surface area contributed by atoms with E-state index >= 15 is 0 Å². The van der Waals surface area contributed by atoms with Crippen molar-refractivity contribution in [3.8, 4) is 0 Å². The van der Waals surface area contributed by atoms with Gasteiger partial charge in [0.1, 0.15) is 17.7 Å². The zero-order valence-corrected chi connectivity index (χ0v) is 11.3. The van der Waals surface area contributed by atoms with Crippen molar-refractivity contribution in [1.29, 1.82) is 0 Å². The van der Waals surface area contributed by atoms with Crippen molar-refractivity contribution in [1.82, 2.24) is 20.1 Å². The smallest absolute Gasteiger partial charge is 0.257 e. The first-order valence-electron chi connectivity index (χ1n) is 6.25. The van der Waals surface area contributed by atoms with Gasteiger partial charge in [-0.1, -0.05) is 18.2 Å². The Balaban J connectivity index is 1.84. The molecule has 3 aromatic rings. The number of carbonyl (C=O) groups excluding carboxylic acids is 1. The first-order valence-corrected chi connectivity index (χ1v) is 6.25. The van der Waals surface area contributed by atoms with E-state index in [9.17, 15) is 4.79 Å². The van der Waals surface area contributed by atoms with Crippen LogP contribution >= 0.6 is 0 Å². The van der Waals surface area contributed by atoms with Crippen LogP contribution in [0.1, 0.15) is 22.0 Å². The molecule has 0 aliphatic rings. The molecule has 6 nitrogen and oxygen atoms in total. The molecule has 0 spiro atoms. The second kappa shape index (κ2) is 4.80. The molecule has 1 amide bonds. The summed E-state index contributed by atoms with van der Waals surface area (Å²) in [5.41, 5.74) is 1.26. The van der Waals surface area contributed by atoms with Crippen LogP contribution in [0.4, 0.5) is 0 Å². The highest BCUT2D eigenvalue weighted by molar-refractivity contribution is 6.05. The fraction of sp³-hybridized carbons (Fsp3) is 0.214. The van der Waals surface area contributed by atoms with Gasteiger partial charge in [0.15, 0.2) is 5.82 Å². The first-order chi connectivity index (χ1) is 9.65. The Morgan fingerprint density at radius 3 is 2.95 bits per heavy atom. The predicted molar refractivity (Wildman–Crippen MR) is 73.1 cm³/mol. The average molecular weight is 270 g/mol. The second-order valence-electron chi connectivity index (χ2n) is 4.64. The monoisotopic (exact) mass is 270 g/mol. The number of benzene rings is 1. The number of para-hydroxylation sites is 1. The van der Waals surface area contributed by atoms with Crippen molar-refractivity contribution in [2.75, 3.05) is 7.05 Å². The summed E-state index contributed by atoms with van der Waals surface area (Å²) in [5.74, 6) is 1.21. The topological polar surface area (TPSA) is 75.0 Å². The minimum absolute atomic E-state index is 0.114. The fourth-order valence-corrected chi connectivity index (χ4v) is 2.09. The van der Waals surface area contributed by atoms with Gasteiger partial charge in [0.05, 0.1) is 12.1 Å². The number of nitrogens with zero attached hydrogens (tertiary/aromatic N) is 3. The number of furan rings is 1. The van der Waals surface area contributed by atoms with Crippen molar-refractivity contribution in [3.63, 3.8) is 0 Å². The molecular weight excluding hydrogens is 256 g/mol. The number of nitrogens with one attached hydrogen (secondary N) is 1. The lowest BCUT2D eigenvalue weighted by molar-refractivity contribution is 0.0782. The Bertz CT molecular complexity index is 759. The minimum Gasteiger partial charge on any atom is -0.463 e. The SMILES string of the molecule is Cc1nc(CN(C)C(=O)c2coc3ccccc23)n[nH]1. The normalized spacial score (nSPS) is 10.9. The van der Waals surface area contributed by atoms with Crippen LogP contribution in [0.5, 0.6) is 0 Å². The standard InChI is InChI=1S/C14H14N4O2/c1-9-15-13(17-16-9)7-18(2)14(19)11-8-20-12-6-4-3-5-10(11)12/h3-6,8H,7H2,1-2H3,(H,15,16,17). The summed E-state index contributed by atoms with van der Waals surface area (Å²) in [6, 6.07) is 7.47. The van der Waals surface area contributed by atoms with Crippen LogP contribution < -0.4 is 0 Å². The van der Waals surface area contributed by atoms with Gasteiger partial charge in [-0.2, -0.15) is 5.10 Å². The molecule has 0 radical (unpaired) electrons. The second-order valence-corrected chi connectivity index (χ2v) is 4.64. The highest BCUT2D eigenvalue weighted by Gasteiger charge is 2.18. The molecular formula is C14H14N4O2. The maximum atomic E-state index is 12.4. The maximum absolute atomic E-state index is 12.4. The van der Waals surface area contributed by atoms with Gasteiger partial charge < -0.3 is 9.32 Å². The molecule has 0 saturated heterocycles. The summed E-state index contributed by atoms with van der Waals surface area (Å²) in [6.07, 6.45) is 1.49. The summed E-state index contributed by atoms with van der Waals surface area (Å²) in [5, 5.41) is 7.60. The van der Waals surface area contributed by atoms with Crippen LogP contribution in [0.15, 0.2) is 34.9 Å². The molecule has 0 aliphatic heterocycles. The summed E-state index contributed by atoms with van der Waals surface area (Å²) in [7, 11) is 1.72. The molecule has 0 bridgehead atoms. The van der Waals surface area contributed by atoms with E-state index in [1.807, 2.05) is 31.2 Å². The van der Waals surface area contributed by atoms with Crippen LogP contribution in [0.2, 0.25) is 0 Å². The molecule has 20 heavy (non-hydrogen) atoms. The number of H-pyrrole nitrogens is 1. The number of carbonyl (C=O) groups is 1. The van der Waals surface area contributed by atoms with E-state index in [2.05, 4.69) is 15.2 Å². The molecule has 2 heterocycles. The number of aryl methyl sites for hydroxylation is 1. The predicted octanol–water partition coefficient (Wildman–Crippen LogP) is 2.13. The molecule has 0 fully saturated rings. The summed E-state index contributed by atoms with van der Waals surface area (Å²) < 4.78 is 5.39. The van der Waals surface area contributed by atoms with E-state index in [4.69, 9.17) is 4.42 Å². The Morgan fingerprint density at radius 1 is 1.40 bits per heavy atom. The van der Waals surface area contributed by atoms with Crippen molar-refractivity contribution >= 4 is 16.9 Å². The molecule has 1 aromatic carbocycles. The molecule has 0 saturated carbocycles. The quantitative estimate of drug-likeness (QED) is 0.791. The Kier molecular flexibility index (Phi) is 2.98. The van der Waals surface area contributed by atoms with Crippen LogP contribution in [0.25, 0.3) is 11.0 Å². The number of hydrogen-bond donors (Lipinski definition) is 1. The Morgan fingerprint density at radius 2 is 2.20 bits per heavy atom.